The van der Waals surface area contributed by atoms with Crippen molar-refractivity contribution in [3.05, 3.63) is 34.9 Å². The van der Waals surface area contributed by atoms with Crippen molar-refractivity contribution in [2.45, 2.75) is 12.2 Å². The number of carbonyl (C=O) groups is 2. The number of halogens is 1. The van der Waals surface area contributed by atoms with Gasteiger partial charge in [-0.3, -0.25) is 9.59 Å². The number of carbonyl (C=O) groups excluding carboxylic acids is 2. The van der Waals surface area contributed by atoms with Gasteiger partial charge in [-0.25, -0.2) is 0 Å². The number of amides is 1. The van der Waals surface area contributed by atoms with Crippen LogP contribution in [0.3, 0.4) is 0 Å². The van der Waals surface area contributed by atoms with E-state index in [0.29, 0.717) is 10.6 Å². The molecule has 0 radical (unpaired) electrons. The molecule has 2 rings (SSSR count). The fourth-order valence-electron chi connectivity index (χ4n) is 1.53. The Bertz CT molecular complexity index is 455. The maximum absolute atomic E-state index is 11.9. The van der Waals surface area contributed by atoms with Crippen molar-refractivity contribution < 1.29 is 14.3 Å². The van der Waals surface area contributed by atoms with E-state index in [1.54, 1.807) is 38.4 Å². The van der Waals surface area contributed by atoms with Crippen LogP contribution in [0.25, 0.3) is 0 Å². The average molecular weight is 254 g/mol. The summed E-state index contributed by atoms with van der Waals surface area (Å²) in [5.41, 5.74) is 0.508. The van der Waals surface area contributed by atoms with Crippen LogP contribution in [0.5, 0.6) is 0 Å². The Morgan fingerprint density at radius 3 is 2.29 bits per heavy atom. The highest BCUT2D eigenvalue weighted by atomic mass is 35.5. The Morgan fingerprint density at radius 2 is 1.76 bits per heavy atom. The summed E-state index contributed by atoms with van der Waals surface area (Å²) in [6.45, 7) is 0. The summed E-state index contributed by atoms with van der Waals surface area (Å²) in [7, 11) is 3.27. The number of hydrogen-bond acceptors (Lipinski definition) is 3. The molecule has 17 heavy (non-hydrogen) atoms. The number of rotatable bonds is 3. The Balaban J connectivity index is 2.04. The van der Waals surface area contributed by atoms with Gasteiger partial charge in [-0.2, -0.15) is 0 Å². The molecule has 2 atom stereocenters. The molecule has 1 aliphatic rings. The molecule has 1 aromatic rings. The van der Waals surface area contributed by atoms with E-state index >= 15 is 0 Å². The fraction of sp³-hybridized carbons (Fsp3) is 0.333. The predicted molar refractivity (Wildman–Crippen MR) is 63.1 cm³/mol. The first-order chi connectivity index (χ1) is 8.00. The van der Waals surface area contributed by atoms with Crippen LogP contribution < -0.4 is 0 Å². The van der Waals surface area contributed by atoms with Gasteiger partial charge < -0.3 is 9.64 Å². The number of likely N-dealkylation sites (N-methyl/N-ethyl adjacent to an activating group) is 1. The van der Waals surface area contributed by atoms with Crippen molar-refractivity contribution in [1.82, 2.24) is 4.90 Å². The van der Waals surface area contributed by atoms with Crippen LogP contribution in [0.2, 0.25) is 5.02 Å². The number of Topliss-reactive ketones (excluding diaryl/α,β-unsaturated/α-hetero) is 1. The standard InChI is InChI=1S/C12H12ClNO3/c1-14(2)12(16)11-10(17-11)9(15)7-3-5-8(13)6-4-7/h3-6,10-11H,1-2H3/t10-,11+/m0/s1. The average Bonchev–Trinajstić information content (AvgIpc) is 3.08. The molecule has 1 aliphatic heterocycles. The molecule has 1 aromatic carbocycles. The molecule has 0 aromatic heterocycles. The first kappa shape index (κ1) is 12.1. The molecule has 5 heteroatoms. The van der Waals surface area contributed by atoms with E-state index in [1.807, 2.05) is 0 Å². The lowest BCUT2D eigenvalue weighted by atomic mass is 10.1. The lowest BCUT2D eigenvalue weighted by Gasteiger charge is -2.06. The van der Waals surface area contributed by atoms with E-state index in [9.17, 15) is 9.59 Å². The summed E-state index contributed by atoms with van der Waals surface area (Å²) in [6.07, 6.45) is -1.28. The van der Waals surface area contributed by atoms with Crippen LogP contribution in [-0.4, -0.2) is 42.9 Å². The van der Waals surface area contributed by atoms with E-state index in [0.717, 1.165) is 0 Å². The zero-order valence-corrected chi connectivity index (χ0v) is 10.3. The lowest BCUT2D eigenvalue weighted by Crippen LogP contribution is -2.29. The topological polar surface area (TPSA) is 49.9 Å². The number of hydrogen-bond donors (Lipinski definition) is 0. The monoisotopic (exact) mass is 253 g/mol. The molecule has 90 valence electrons. The SMILES string of the molecule is CN(C)C(=O)[C@@H]1O[C@H]1C(=O)c1ccc(Cl)cc1. The number of epoxide rings is 1. The molecule has 1 amide bonds. The molecule has 0 aliphatic carbocycles. The van der Waals surface area contributed by atoms with Gasteiger partial charge in [-0.05, 0) is 24.3 Å². The molecule has 0 spiro atoms. The quantitative estimate of drug-likeness (QED) is 0.604. The van der Waals surface area contributed by atoms with E-state index in [2.05, 4.69) is 0 Å². The largest absolute Gasteiger partial charge is 0.350 e. The minimum absolute atomic E-state index is 0.179. The van der Waals surface area contributed by atoms with Crippen LogP contribution in [0.4, 0.5) is 0 Å². The molecular formula is C12H12ClNO3. The normalized spacial score (nSPS) is 22.1. The predicted octanol–water partition coefficient (Wildman–Crippen LogP) is 1.38. The molecule has 0 N–H and O–H groups in total. The van der Waals surface area contributed by atoms with Gasteiger partial charge in [-0.1, -0.05) is 11.6 Å². The van der Waals surface area contributed by atoms with Gasteiger partial charge in [0, 0.05) is 24.7 Å². The summed E-state index contributed by atoms with van der Waals surface area (Å²) < 4.78 is 5.11. The highest BCUT2D eigenvalue weighted by Crippen LogP contribution is 2.27. The second-order valence-corrected chi connectivity index (χ2v) is 4.52. The first-order valence-electron chi connectivity index (χ1n) is 5.17. The molecule has 4 nitrogen and oxygen atoms in total. The smallest absolute Gasteiger partial charge is 0.254 e. The van der Waals surface area contributed by atoms with Gasteiger partial charge in [0.1, 0.15) is 0 Å². The number of nitrogens with zero attached hydrogens (tertiary/aromatic N) is 1. The zero-order valence-electron chi connectivity index (χ0n) is 9.51. The van der Waals surface area contributed by atoms with Crippen LogP contribution in [0.15, 0.2) is 24.3 Å². The highest BCUT2D eigenvalue weighted by Gasteiger charge is 2.50. The Labute approximate surface area is 104 Å². The molecule has 1 saturated heterocycles. The zero-order chi connectivity index (χ0) is 12.6. The van der Waals surface area contributed by atoms with E-state index in [4.69, 9.17) is 16.3 Å². The number of ether oxygens (including phenoxy) is 1. The second kappa shape index (κ2) is 4.47. The van der Waals surface area contributed by atoms with Crippen molar-refractivity contribution in [3.63, 3.8) is 0 Å². The molecule has 0 bridgehead atoms. The van der Waals surface area contributed by atoms with Crippen molar-refractivity contribution in [3.8, 4) is 0 Å². The van der Waals surface area contributed by atoms with E-state index in [-0.39, 0.29) is 11.7 Å². The molecule has 0 unspecified atom stereocenters. The summed E-state index contributed by atoms with van der Waals surface area (Å²) in [6, 6.07) is 6.53. The summed E-state index contributed by atoms with van der Waals surface area (Å²) in [5.74, 6) is -0.362. The first-order valence-corrected chi connectivity index (χ1v) is 5.55. The fourth-order valence-corrected chi connectivity index (χ4v) is 1.66. The van der Waals surface area contributed by atoms with Gasteiger partial charge in [0.25, 0.3) is 5.91 Å². The van der Waals surface area contributed by atoms with Crippen LogP contribution in [-0.2, 0) is 9.53 Å². The third-order valence-electron chi connectivity index (χ3n) is 2.56. The van der Waals surface area contributed by atoms with Crippen molar-refractivity contribution >= 4 is 23.3 Å². The van der Waals surface area contributed by atoms with Gasteiger partial charge in [0.15, 0.2) is 18.0 Å². The second-order valence-electron chi connectivity index (χ2n) is 4.08. The van der Waals surface area contributed by atoms with Gasteiger partial charge in [0.2, 0.25) is 0 Å². The molecule has 0 saturated carbocycles. The van der Waals surface area contributed by atoms with E-state index < -0.39 is 12.2 Å². The summed E-state index contributed by atoms with van der Waals surface area (Å²) in [4.78, 5) is 24.9. The highest BCUT2D eigenvalue weighted by molar-refractivity contribution is 6.30. The molecule has 1 heterocycles. The van der Waals surface area contributed by atoms with Crippen molar-refractivity contribution in [1.29, 1.82) is 0 Å². The molecular weight excluding hydrogens is 242 g/mol. The van der Waals surface area contributed by atoms with Crippen LogP contribution in [0, 0.1) is 0 Å². The number of benzene rings is 1. The number of ketones is 1. The minimum Gasteiger partial charge on any atom is -0.350 e. The lowest BCUT2D eigenvalue weighted by molar-refractivity contribution is -0.129. The Kier molecular flexibility index (Phi) is 3.17. The van der Waals surface area contributed by atoms with Crippen LogP contribution >= 0.6 is 11.6 Å². The van der Waals surface area contributed by atoms with Crippen molar-refractivity contribution in [2.24, 2.45) is 0 Å². The van der Waals surface area contributed by atoms with E-state index in [1.165, 1.54) is 4.90 Å². The minimum atomic E-state index is -0.647. The summed E-state index contributed by atoms with van der Waals surface area (Å²) in [5, 5.41) is 0.569. The summed E-state index contributed by atoms with van der Waals surface area (Å²) >= 11 is 5.73. The third-order valence-corrected chi connectivity index (χ3v) is 2.81. The van der Waals surface area contributed by atoms with Crippen LogP contribution in [0.1, 0.15) is 10.4 Å². The Hall–Kier alpha value is -1.39. The maximum atomic E-state index is 11.9. The van der Waals surface area contributed by atoms with Crippen molar-refractivity contribution in [2.75, 3.05) is 14.1 Å². The van der Waals surface area contributed by atoms with Gasteiger partial charge in [0.05, 0.1) is 0 Å². The molecule has 1 fully saturated rings. The van der Waals surface area contributed by atoms with Gasteiger partial charge in [-0.15, -0.1) is 0 Å². The maximum Gasteiger partial charge on any atom is 0.254 e. The van der Waals surface area contributed by atoms with Gasteiger partial charge >= 0.3 is 0 Å². The third kappa shape index (κ3) is 2.48. The Morgan fingerprint density at radius 1 is 1.18 bits per heavy atom.